The summed E-state index contributed by atoms with van der Waals surface area (Å²) in [6.45, 7) is 1.30. The van der Waals surface area contributed by atoms with Gasteiger partial charge >= 0.3 is 0 Å². The number of furan rings is 1. The van der Waals surface area contributed by atoms with E-state index >= 15 is 0 Å². The van der Waals surface area contributed by atoms with Crippen molar-refractivity contribution in [3.63, 3.8) is 0 Å². The van der Waals surface area contributed by atoms with Crippen LogP contribution in [0.5, 0.6) is 5.88 Å². The Balaban J connectivity index is 1.63. The lowest BCUT2D eigenvalue weighted by Gasteiger charge is -2.32. The first-order valence-corrected chi connectivity index (χ1v) is 6.57. The van der Waals surface area contributed by atoms with Crippen LogP contribution in [0.15, 0.2) is 41.6 Å². The molecule has 0 saturated carbocycles. The van der Waals surface area contributed by atoms with E-state index in [-0.39, 0.29) is 12.0 Å². The van der Waals surface area contributed by atoms with E-state index in [0.29, 0.717) is 18.0 Å². The Hall–Kier alpha value is -2.37. The van der Waals surface area contributed by atoms with E-state index in [2.05, 4.69) is 9.97 Å². The smallest absolute Gasteiger partial charge is 0.257 e. The van der Waals surface area contributed by atoms with Gasteiger partial charge in [-0.05, 0) is 18.9 Å². The predicted molar refractivity (Wildman–Crippen MR) is 70.3 cm³/mol. The quantitative estimate of drug-likeness (QED) is 0.852. The van der Waals surface area contributed by atoms with Crippen LogP contribution >= 0.6 is 0 Å². The molecule has 3 heterocycles. The van der Waals surface area contributed by atoms with Crippen molar-refractivity contribution in [3.05, 3.63) is 42.7 Å². The number of hydrogen-bond acceptors (Lipinski definition) is 5. The summed E-state index contributed by atoms with van der Waals surface area (Å²) in [6, 6.07) is 1.68. The fraction of sp³-hybridized carbons (Fsp3) is 0.357. The molecule has 0 radical (unpaired) electrons. The van der Waals surface area contributed by atoms with Crippen molar-refractivity contribution in [2.24, 2.45) is 0 Å². The Morgan fingerprint density at radius 2 is 2.40 bits per heavy atom. The summed E-state index contributed by atoms with van der Waals surface area (Å²) in [5.74, 6) is 0.473. The maximum Gasteiger partial charge on any atom is 0.257 e. The SMILES string of the molecule is O=C(c1ccoc1)N1CCCC(Oc2cnccn2)C1. The molecule has 1 saturated heterocycles. The highest BCUT2D eigenvalue weighted by Crippen LogP contribution is 2.18. The van der Waals surface area contributed by atoms with E-state index in [9.17, 15) is 4.79 Å². The lowest BCUT2D eigenvalue weighted by atomic mass is 10.1. The molecule has 1 atom stereocenters. The number of rotatable bonds is 3. The third-order valence-electron chi connectivity index (χ3n) is 3.26. The van der Waals surface area contributed by atoms with Crippen LogP contribution in [-0.2, 0) is 0 Å². The molecule has 0 N–H and O–H groups in total. The average molecular weight is 273 g/mol. The van der Waals surface area contributed by atoms with E-state index in [0.717, 1.165) is 19.4 Å². The van der Waals surface area contributed by atoms with Gasteiger partial charge in [-0.2, -0.15) is 0 Å². The van der Waals surface area contributed by atoms with Gasteiger partial charge in [0.05, 0.1) is 24.6 Å². The number of aromatic nitrogens is 2. The zero-order valence-electron chi connectivity index (χ0n) is 10.9. The molecule has 104 valence electrons. The molecule has 0 aromatic carbocycles. The zero-order chi connectivity index (χ0) is 13.8. The van der Waals surface area contributed by atoms with Crippen molar-refractivity contribution in [2.75, 3.05) is 13.1 Å². The number of nitrogens with zero attached hydrogens (tertiary/aromatic N) is 3. The van der Waals surface area contributed by atoms with Crippen LogP contribution in [-0.4, -0.2) is 40.0 Å². The van der Waals surface area contributed by atoms with Crippen LogP contribution in [0, 0.1) is 0 Å². The maximum atomic E-state index is 12.2. The van der Waals surface area contributed by atoms with Gasteiger partial charge in [0.1, 0.15) is 12.4 Å². The second-order valence-electron chi connectivity index (χ2n) is 4.69. The zero-order valence-corrected chi connectivity index (χ0v) is 10.9. The largest absolute Gasteiger partial charge is 0.472 e. The summed E-state index contributed by atoms with van der Waals surface area (Å²) >= 11 is 0. The first kappa shape index (κ1) is 12.7. The predicted octanol–water partition coefficient (Wildman–Crippen LogP) is 1.75. The van der Waals surface area contributed by atoms with Gasteiger partial charge in [-0.3, -0.25) is 9.78 Å². The van der Waals surface area contributed by atoms with Gasteiger partial charge in [0.2, 0.25) is 5.88 Å². The summed E-state index contributed by atoms with van der Waals surface area (Å²) in [5.41, 5.74) is 0.574. The molecule has 2 aromatic rings. The number of ether oxygens (including phenoxy) is 1. The third-order valence-corrected chi connectivity index (χ3v) is 3.26. The lowest BCUT2D eigenvalue weighted by molar-refractivity contribution is 0.0526. The molecular weight excluding hydrogens is 258 g/mol. The minimum absolute atomic E-state index is 0.0220. The van der Waals surface area contributed by atoms with Crippen LogP contribution in [0.2, 0.25) is 0 Å². The van der Waals surface area contributed by atoms with E-state index in [1.807, 2.05) is 0 Å². The molecule has 20 heavy (non-hydrogen) atoms. The summed E-state index contributed by atoms with van der Waals surface area (Å²) < 4.78 is 10.7. The van der Waals surface area contributed by atoms with Crippen molar-refractivity contribution in [1.29, 1.82) is 0 Å². The number of carbonyl (C=O) groups excluding carboxylic acids is 1. The number of piperidine rings is 1. The molecule has 1 aliphatic rings. The van der Waals surface area contributed by atoms with Crippen LogP contribution in [0.4, 0.5) is 0 Å². The lowest BCUT2D eigenvalue weighted by Crippen LogP contribution is -2.44. The molecule has 1 fully saturated rings. The van der Waals surface area contributed by atoms with Crippen LogP contribution in [0.3, 0.4) is 0 Å². The Morgan fingerprint density at radius 1 is 1.45 bits per heavy atom. The minimum atomic E-state index is -0.0451. The number of hydrogen-bond donors (Lipinski definition) is 0. The minimum Gasteiger partial charge on any atom is -0.472 e. The highest BCUT2D eigenvalue weighted by Gasteiger charge is 2.26. The van der Waals surface area contributed by atoms with Crippen molar-refractivity contribution in [1.82, 2.24) is 14.9 Å². The Bertz CT molecular complexity index is 556. The first-order chi connectivity index (χ1) is 9.83. The van der Waals surface area contributed by atoms with Crippen LogP contribution in [0.1, 0.15) is 23.2 Å². The average Bonchev–Trinajstić information content (AvgIpc) is 3.02. The van der Waals surface area contributed by atoms with Gasteiger partial charge in [-0.25, -0.2) is 4.98 Å². The maximum absolute atomic E-state index is 12.2. The van der Waals surface area contributed by atoms with Gasteiger partial charge in [0.25, 0.3) is 5.91 Å². The highest BCUT2D eigenvalue weighted by atomic mass is 16.5. The Labute approximate surface area is 116 Å². The molecule has 2 aromatic heterocycles. The van der Waals surface area contributed by atoms with Gasteiger partial charge in [0.15, 0.2) is 0 Å². The monoisotopic (exact) mass is 273 g/mol. The van der Waals surface area contributed by atoms with Crippen molar-refractivity contribution in [2.45, 2.75) is 18.9 Å². The molecule has 0 aliphatic carbocycles. The van der Waals surface area contributed by atoms with Crippen molar-refractivity contribution in [3.8, 4) is 5.88 Å². The summed E-state index contributed by atoms with van der Waals surface area (Å²) in [5, 5.41) is 0. The summed E-state index contributed by atoms with van der Waals surface area (Å²) in [6.07, 6.45) is 9.52. The highest BCUT2D eigenvalue weighted by molar-refractivity contribution is 5.93. The fourth-order valence-corrected chi connectivity index (χ4v) is 2.30. The molecule has 1 amide bonds. The van der Waals surface area contributed by atoms with Crippen LogP contribution in [0.25, 0.3) is 0 Å². The Morgan fingerprint density at radius 3 is 3.15 bits per heavy atom. The molecule has 0 spiro atoms. The van der Waals surface area contributed by atoms with Gasteiger partial charge in [0, 0.05) is 18.9 Å². The number of likely N-dealkylation sites (tertiary alicyclic amines) is 1. The standard InChI is InChI=1S/C14H15N3O3/c18-14(11-3-7-19-10-11)17-6-1-2-12(9-17)20-13-8-15-4-5-16-13/h3-5,7-8,10,12H,1-2,6,9H2. The molecule has 3 rings (SSSR count). The van der Waals surface area contributed by atoms with Gasteiger partial charge < -0.3 is 14.1 Å². The molecule has 1 unspecified atom stereocenters. The topological polar surface area (TPSA) is 68.5 Å². The summed E-state index contributed by atoms with van der Waals surface area (Å²) in [4.78, 5) is 22.1. The second kappa shape index (κ2) is 5.73. The second-order valence-corrected chi connectivity index (χ2v) is 4.69. The third kappa shape index (κ3) is 2.79. The number of carbonyl (C=O) groups is 1. The molecular formula is C14H15N3O3. The van der Waals surface area contributed by atoms with Crippen molar-refractivity contribution >= 4 is 5.91 Å². The van der Waals surface area contributed by atoms with Gasteiger partial charge in [-0.15, -0.1) is 0 Å². The Kier molecular flexibility index (Phi) is 3.62. The molecule has 6 nitrogen and oxygen atoms in total. The van der Waals surface area contributed by atoms with E-state index in [1.165, 1.54) is 12.5 Å². The van der Waals surface area contributed by atoms with Gasteiger partial charge in [-0.1, -0.05) is 0 Å². The molecule has 6 heteroatoms. The fourth-order valence-electron chi connectivity index (χ4n) is 2.30. The molecule has 0 bridgehead atoms. The normalized spacial score (nSPS) is 18.8. The van der Waals surface area contributed by atoms with E-state index < -0.39 is 0 Å². The van der Waals surface area contributed by atoms with E-state index in [1.54, 1.807) is 29.6 Å². The first-order valence-electron chi connectivity index (χ1n) is 6.57. The molecule has 1 aliphatic heterocycles. The van der Waals surface area contributed by atoms with Crippen LogP contribution < -0.4 is 4.74 Å². The number of amides is 1. The van der Waals surface area contributed by atoms with E-state index in [4.69, 9.17) is 9.15 Å². The summed E-state index contributed by atoms with van der Waals surface area (Å²) in [7, 11) is 0. The van der Waals surface area contributed by atoms with Crippen molar-refractivity contribution < 1.29 is 13.9 Å².